The zero-order chi connectivity index (χ0) is 15.9. The van der Waals surface area contributed by atoms with E-state index in [1.54, 1.807) is 12.3 Å². The Morgan fingerprint density at radius 2 is 2.17 bits per heavy atom. The fourth-order valence-corrected chi connectivity index (χ4v) is 2.70. The molecule has 1 amide bonds. The Kier molecular flexibility index (Phi) is 5.00. The summed E-state index contributed by atoms with van der Waals surface area (Å²) in [5, 5.41) is 10.4. The average Bonchev–Trinajstić information content (AvgIpc) is 3.11. The minimum Gasteiger partial charge on any atom is -0.423 e. The van der Waals surface area contributed by atoms with Gasteiger partial charge in [-0.05, 0) is 30.3 Å². The van der Waals surface area contributed by atoms with E-state index in [4.69, 9.17) is 4.42 Å². The van der Waals surface area contributed by atoms with Gasteiger partial charge >= 0.3 is 0 Å². The second-order valence-electron chi connectivity index (χ2n) is 4.69. The van der Waals surface area contributed by atoms with Crippen LogP contribution in [0.1, 0.15) is 5.69 Å². The molecule has 6 nitrogen and oxygen atoms in total. The Morgan fingerprint density at radius 1 is 1.22 bits per heavy atom. The van der Waals surface area contributed by atoms with Gasteiger partial charge in [-0.2, -0.15) is 0 Å². The van der Waals surface area contributed by atoms with Crippen LogP contribution in [0.5, 0.6) is 0 Å². The number of benzene rings is 1. The third kappa shape index (κ3) is 4.40. The number of pyridine rings is 1. The molecular weight excluding hydrogens is 312 g/mol. The second kappa shape index (κ2) is 7.55. The van der Waals surface area contributed by atoms with Gasteiger partial charge in [0, 0.05) is 23.2 Å². The van der Waals surface area contributed by atoms with Crippen molar-refractivity contribution < 1.29 is 9.21 Å². The summed E-state index contributed by atoms with van der Waals surface area (Å²) < 4.78 is 5.15. The standard InChI is InChI=1S/C16H14N4O2S/c21-15(10-23-9-14-5-1-2-7-17-14)19-13-6-3-4-12(8-13)16-20-18-11-22-16/h1-8,11H,9-10H2,(H,19,21). The van der Waals surface area contributed by atoms with Gasteiger partial charge < -0.3 is 9.73 Å². The molecular formula is C16H14N4O2S. The molecule has 1 aromatic carbocycles. The van der Waals surface area contributed by atoms with Gasteiger partial charge in [0.25, 0.3) is 0 Å². The van der Waals surface area contributed by atoms with Crippen LogP contribution in [0.2, 0.25) is 0 Å². The average molecular weight is 326 g/mol. The first-order valence-corrected chi connectivity index (χ1v) is 8.11. The molecule has 0 atom stereocenters. The predicted molar refractivity (Wildman–Crippen MR) is 88.8 cm³/mol. The molecule has 0 unspecified atom stereocenters. The molecule has 7 heteroatoms. The Bertz CT molecular complexity index is 763. The Morgan fingerprint density at radius 3 is 2.96 bits per heavy atom. The van der Waals surface area contributed by atoms with E-state index in [9.17, 15) is 4.79 Å². The van der Waals surface area contributed by atoms with Crippen LogP contribution in [0.15, 0.2) is 59.5 Å². The summed E-state index contributed by atoms with van der Waals surface area (Å²) in [6.45, 7) is 0. The van der Waals surface area contributed by atoms with Gasteiger partial charge in [0.05, 0.1) is 11.4 Å². The number of hydrogen-bond donors (Lipinski definition) is 1. The van der Waals surface area contributed by atoms with Crippen LogP contribution < -0.4 is 5.32 Å². The smallest absolute Gasteiger partial charge is 0.247 e. The van der Waals surface area contributed by atoms with E-state index in [1.165, 1.54) is 18.2 Å². The van der Waals surface area contributed by atoms with Gasteiger partial charge in [-0.15, -0.1) is 22.0 Å². The molecule has 0 fully saturated rings. The maximum Gasteiger partial charge on any atom is 0.247 e. The van der Waals surface area contributed by atoms with Gasteiger partial charge in [0.15, 0.2) is 0 Å². The van der Waals surface area contributed by atoms with E-state index in [-0.39, 0.29) is 5.91 Å². The van der Waals surface area contributed by atoms with Crippen molar-refractivity contribution in [3.8, 4) is 11.5 Å². The summed E-state index contributed by atoms with van der Waals surface area (Å²) in [6, 6.07) is 13.0. The summed E-state index contributed by atoms with van der Waals surface area (Å²) in [5.41, 5.74) is 2.43. The predicted octanol–water partition coefficient (Wildman–Crippen LogP) is 3.00. The maximum absolute atomic E-state index is 12.0. The molecule has 0 aliphatic carbocycles. The van der Waals surface area contributed by atoms with Crippen LogP contribution in [0.4, 0.5) is 5.69 Å². The van der Waals surface area contributed by atoms with Gasteiger partial charge in [-0.25, -0.2) is 0 Å². The summed E-state index contributed by atoms with van der Waals surface area (Å²) in [7, 11) is 0. The van der Waals surface area contributed by atoms with E-state index in [0.29, 0.717) is 23.1 Å². The summed E-state index contributed by atoms with van der Waals surface area (Å²) in [4.78, 5) is 16.2. The molecule has 0 bridgehead atoms. The molecule has 0 radical (unpaired) electrons. The van der Waals surface area contributed by atoms with E-state index >= 15 is 0 Å². The molecule has 2 heterocycles. The highest BCUT2D eigenvalue weighted by atomic mass is 32.2. The highest BCUT2D eigenvalue weighted by Gasteiger charge is 2.07. The number of anilines is 1. The molecule has 1 N–H and O–H groups in total. The Balaban J connectivity index is 1.53. The number of aromatic nitrogens is 3. The van der Waals surface area contributed by atoms with Crippen molar-refractivity contribution in [3.05, 3.63) is 60.7 Å². The molecule has 116 valence electrons. The Labute approximate surface area is 137 Å². The molecule has 0 saturated carbocycles. The molecule has 0 aliphatic heterocycles. The lowest BCUT2D eigenvalue weighted by Crippen LogP contribution is -2.14. The molecule has 0 spiro atoms. The molecule has 0 aliphatic rings. The molecule has 23 heavy (non-hydrogen) atoms. The quantitative estimate of drug-likeness (QED) is 0.750. The van der Waals surface area contributed by atoms with Gasteiger partial charge in [-0.1, -0.05) is 12.1 Å². The largest absolute Gasteiger partial charge is 0.423 e. The van der Waals surface area contributed by atoms with Crippen LogP contribution in [0.25, 0.3) is 11.5 Å². The summed E-state index contributed by atoms with van der Waals surface area (Å²) in [5.74, 6) is 1.43. The van der Waals surface area contributed by atoms with Crippen LogP contribution in [0, 0.1) is 0 Å². The minimum atomic E-state index is -0.0615. The molecule has 2 aromatic heterocycles. The molecule has 3 rings (SSSR count). The van der Waals surface area contributed by atoms with E-state index in [0.717, 1.165) is 11.3 Å². The fraction of sp³-hybridized carbons (Fsp3) is 0.125. The van der Waals surface area contributed by atoms with Crippen molar-refractivity contribution in [2.75, 3.05) is 11.1 Å². The lowest BCUT2D eigenvalue weighted by Gasteiger charge is -2.06. The van der Waals surface area contributed by atoms with Crippen LogP contribution in [0.3, 0.4) is 0 Å². The first-order valence-electron chi connectivity index (χ1n) is 6.95. The van der Waals surface area contributed by atoms with Gasteiger partial charge in [0.1, 0.15) is 0 Å². The number of nitrogens with zero attached hydrogens (tertiary/aromatic N) is 3. The molecule has 3 aromatic rings. The van der Waals surface area contributed by atoms with Crippen molar-refractivity contribution in [1.29, 1.82) is 0 Å². The molecule has 0 saturated heterocycles. The van der Waals surface area contributed by atoms with Crippen molar-refractivity contribution in [2.24, 2.45) is 0 Å². The zero-order valence-corrected chi connectivity index (χ0v) is 13.0. The van der Waals surface area contributed by atoms with Crippen LogP contribution >= 0.6 is 11.8 Å². The number of thioether (sulfide) groups is 1. The lowest BCUT2D eigenvalue weighted by atomic mass is 10.2. The normalized spacial score (nSPS) is 10.4. The van der Waals surface area contributed by atoms with Gasteiger partial charge in [0.2, 0.25) is 18.2 Å². The number of carbonyl (C=O) groups is 1. The van der Waals surface area contributed by atoms with E-state index in [1.807, 2.05) is 36.4 Å². The SMILES string of the molecule is O=C(CSCc1ccccn1)Nc1cccc(-c2nnco2)c1. The van der Waals surface area contributed by atoms with Crippen molar-refractivity contribution in [3.63, 3.8) is 0 Å². The first-order chi connectivity index (χ1) is 11.3. The van der Waals surface area contributed by atoms with Crippen molar-refractivity contribution in [1.82, 2.24) is 15.2 Å². The first kappa shape index (κ1) is 15.2. The number of carbonyl (C=O) groups excluding carboxylic acids is 1. The monoisotopic (exact) mass is 326 g/mol. The maximum atomic E-state index is 12.0. The number of rotatable bonds is 6. The highest BCUT2D eigenvalue weighted by molar-refractivity contribution is 7.99. The third-order valence-electron chi connectivity index (χ3n) is 2.96. The summed E-state index contributed by atoms with van der Waals surface area (Å²) in [6.07, 6.45) is 3.02. The number of hydrogen-bond acceptors (Lipinski definition) is 6. The summed E-state index contributed by atoms with van der Waals surface area (Å²) >= 11 is 1.52. The topological polar surface area (TPSA) is 80.9 Å². The van der Waals surface area contributed by atoms with E-state index in [2.05, 4.69) is 20.5 Å². The highest BCUT2D eigenvalue weighted by Crippen LogP contribution is 2.20. The fourth-order valence-electron chi connectivity index (χ4n) is 1.96. The Hall–Kier alpha value is -2.67. The number of amides is 1. The second-order valence-corrected chi connectivity index (χ2v) is 5.67. The van der Waals surface area contributed by atoms with Crippen molar-refractivity contribution in [2.45, 2.75) is 5.75 Å². The minimum absolute atomic E-state index is 0.0615. The zero-order valence-electron chi connectivity index (χ0n) is 12.2. The van der Waals surface area contributed by atoms with Gasteiger partial charge in [-0.3, -0.25) is 9.78 Å². The van der Waals surface area contributed by atoms with Crippen molar-refractivity contribution >= 4 is 23.4 Å². The third-order valence-corrected chi connectivity index (χ3v) is 3.93. The lowest BCUT2D eigenvalue weighted by molar-refractivity contribution is -0.113. The van der Waals surface area contributed by atoms with E-state index < -0.39 is 0 Å². The van der Waals surface area contributed by atoms with Crippen LogP contribution in [-0.4, -0.2) is 26.8 Å². The van der Waals surface area contributed by atoms with Crippen LogP contribution in [-0.2, 0) is 10.5 Å². The number of nitrogens with one attached hydrogen (secondary N) is 1.